The average molecular weight is 636 g/mol. The number of phenolic OH excluding ortho intramolecular Hbond substituents is 1. The van der Waals surface area contributed by atoms with Crippen molar-refractivity contribution in [1.82, 2.24) is 25.1 Å². The van der Waals surface area contributed by atoms with E-state index in [4.69, 9.17) is 0 Å². The number of rotatable bonds is 6. The van der Waals surface area contributed by atoms with Crippen LogP contribution in [0.4, 0.5) is 4.39 Å². The number of likely N-dealkylation sites (N-methyl/N-ethyl adjacent to an activating group) is 1. The van der Waals surface area contributed by atoms with Crippen molar-refractivity contribution in [3.8, 4) is 5.75 Å². The highest BCUT2D eigenvalue weighted by Crippen LogP contribution is 2.39. The Balaban J connectivity index is 1.40. The molecule has 0 aromatic heterocycles. The largest absolute Gasteiger partial charge is 0.508 e. The van der Waals surface area contributed by atoms with Gasteiger partial charge in [0.25, 0.3) is 0 Å². The van der Waals surface area contributed by atoms with Crippen LogP contribution < -0.4 is 5.32 Å². The molecular weight excluding hydrogens is 597 g/mol. The van der Waals surface area contributed by atoms with Gasteiger partial charge in [0.05, 0.1) is 13.1 Å². The van der Waals surface area contributed by atoms with Crippen molar-refractivity contribution in [1.29, 1.82) is 0 Å². The SMILES string of the molecule is CN1CC(=O)N2[C@@H](Cc3ccc(O)cc3)C(=O)N3CC(c4ccccc4)C4=C\C(O)C(NCc5ccc(F)cc5)(\C=C/C=C\4)N1[C@H]2C3. The van der Waals surface area contributed by atoms with Gasteiger partial charge in [-0.2, -0.15) is 5.01 Å². The minimum atomic E-state index is -1.27. The number of aliphatic hydroxyl groups excluding tert-OH is 1. The molecule has 3 N–H and O–H groups in total. The maximum Gasteiger partial charge on any atom is 0.245 e. The van der Waals surface area contributed by atoms with E-state index in [0.29, 0.717) is 13.1 Å². The number of benzene rings is 3. The van der Waals surface area contributed by atoms with E-state index in [0.717, 1.165) is 22.3 Å². The van der Waals surface area contributed by atoms with Gasteiger partial charge in [-0.1, -0.05) is 72.8 Å². The maximum absolute atomic E-state index is 14.5. The molecule has 3 aromatic carbocycles. The van der Waals surface area contributed by atoms with E-state index in [1.54, 1.807) is 41.3 Å². The van der Waals surface area contributed by atoms with Gasteiger partial charge in [0, 0.05) is 32.5 Å². The summed E-state index contributed by atoms with van der Waals surface area (Å²) in [5, 5.41) is 29.7. The number of piperazine rings is 1. The molecule has 7 rings (SSSR count). The molecule has 0 radical (unpaired) electrons. The van der Waals surface area contributed by atoms with Crippen LogP contribution in [0, 0.1) is 5.82 Å². The van der Waals surface area contributed by atoms with E-state index in [2.05, 4.69) is 5.32 Å². The van der Waals surface area contributed by atoms with E-state index in [1.807, 2.05) is 82.7 Å². The lowest BCUT2D eigenvalue weighted by atomic mass is 9.84. The van der Waals surface area contributed by atoms with Gasteiger partial charge in [-0.25, -0.2) is 9.40 Å². The van der Waals surface area contributed by atoms with Crippen molar-refractivity contribution in [3.05, 3.63) is 137 Å². The predicted octanol–water partition coefficient (Wildman–Crippen LogP) is 3.30. The minimum Gasteiger partial charge on any atom is -0.508 e. The Labute approximate surface area is 273 Å². The summed E-state index contributed by atoms with van der Waals surface area (Å²) in [6.45, 7) is 0.867. The zero-order chi connectivity index (χ0) is 32.7. The maximum atomic E-state index is 14.5. The van der Waals surface area contributed by atoms with Crippen LogP contribution in [0.25, 0.3) is 0 Å². The number of allylic oxidation sites excluding steroid dienone is 3. The van der Waals surface area contributed by atoms with Crippen LogP contribution in [-0.4, -0.2) is 92.5 Å². The Morgan fingerprint density at radius 1 is 0.936 bits per heavy atom. The second kappa shape index (κ2) is 12.5. The van der Waals surface area contributed by atoms with Crippen molar-refractivity contribution < 1.29 is 24.2 Å². The number of hydrazine groups is 1. The van der Waals surface area contributed by atoms with Gasteiger partial charge in [0.2, 0.25) is 11.8 Å². The quantitative estimate of drug-likeness (QED) is 0.383. The molecule has 2 saturated heterocycles. The molecule has 2 amide bonds. The Hall–Kier alpha value is -4.61. The highest BCUT2D eigenvalue weighted by Gasteiger charge is 2.56. The van der Waals surface area contributed by atoms with Crippen molar-refractivity contribution in [3.63, 3.8) is 0 Å². The highest BCUT2D eigenvalue weighted by molar-refractivity contribution is 5.90. The van der Waals surface area contributed by atoms with Gasteiger partial charge < -0.3 is 20.0 Å². The molecule has 0 saturated carbocycles. The Bertz CT molecular complexity index is 1730. The number of hydrogen-bond donors (Lipinski definition) is 3. The van der Waals surface area contributed by atoms with Gasteiger partial charge in [-0.15, -0.1) is 0 Å². The van der Waals surface area contributed by atoms with Crippen LogP contribution in [0.1, 0.15) is 22.6 Å². The van der Waals surface area contributed by atoms with Crippen molar-refractivity contribution in [2.45, 2.75) is 42.9 Å². The summed E-state index contributed by atoms with van der Waals surface area (Å²) in [6.07, 6.45) is 8.14. The third kappa shape index (κ3) is 5.78. The number of carbonyl (C=O) groups is 2. The van der Waals surface area contributed by atoms with Crippen molar-refractivity contribution >= 4 is 11.8 Å². The van der Waals surface area contributed by atoms with Crippen LogP contribution in [-0.2, 0) is 22.6 Å². The lowest BCUT2D eigenvalue weighted by molar-refractivity contribution is -0.234. The smallest absolute Gasteiger partial charge is 0.245 e. The summed E-state index contributed by atoms with van der Waals surface area (Å²) in [6, 6.07) is 22.1. The minimum absolute atomic E-state index is 0.00452. The third-order valence-corrected chi connectivity index (χ3v) is 9.73. The fourth-order valence-corrected chi connectivity index (χ4v) is 7.44. The predicted molar refractivity (Wildman–Crippen MR) is 175 cm³/mol. The molecule has 3 aliphatic heterocycles. The number of aliphatic hydroxyl groups is 1. The molecule has 3 heterocycles. The first-order chi connectivity index (χ1) is 22.7. The molecule has 2 fully saturated rings. The van der Waals surface area contributed by atoms with Crippen LogP contribution >= 0.6 is 0 Å². The summed E-state index contributed by atoms with van der Waals surface area (Å²) < 4.78 is 13.8. The summed E-state index contributed by atoms with van der Waals surface area (Å²) in [5.41, 5.74) is 2.24. The van der Waals surface area contributed by atoms with Crippen LogP contribution in [0.2, 0.25) is 0 Å². The molecule has 3 aromatic rings. The fourth-order valence-electron chi connectivity index (χ4n) is 7.44. The van der Waals surface area contributed by atoms with E-state index < -0.39 is 24.0 Å². The number of phenols is 1. The van der Waals surface area contributed by atoms with Crippen LogP contribution in [0.3, 0.4) is 0 Å². The Kier molecular flexibility index (Phi) is 8.27. The lowest BCUT2D eigenvalue weighted by Crippen LogP contribution is -2.81. The van der Waals surface area contributed by atoms with E-state index >= 15 is 0 Å². The number of fused-ring (bicyclic) bond motifs is 4. The molecule has 4 bridgehead atoms. The standard InChI is InChI=1S/C37H38FN5O4/c1-40-24-35(46)42-32(19-25-12-16-30(44)17-13-25)36(47)41-22-31(27-7-3-2-4-8-27)28-9-5-6-18-37(33(45)20-28,43(40)34(42)23-41)39-21-26-10-14-29(38)15-11-26/h2-18,20,31-34,39,44-45H,19,21-24H2,1H3/b9-5-,18-6-,28-20-/t31?,32-,33?,34-,37?/m0/s1. The van der Waals surface area contributed by atoms with Crippen LogP contribution in [0.5, 0.6) is 5.75 Å². The van der Waals surface area contributed by atoms with Crippen molar-refractivity contribution in [2.24, 2.45) is 0 Å². The molecule has 47 heavy (non-hydrogen) atoms. The average Bonchev–Trinajstić information content (AvgIpc) is 3.05. The summed E-state index contributed by atoms with van der Waals surface area (Å²) in [4.78, 5) is 32.0. The van der Waals surface area contributed by atoms with E-state index in [-0.39, 0.29) is 48.8 Å². The van der Waals surface area contributed by atoms with Gasteiger partial charge >= 0.3 is 0 Å². The number of amides is 2. The second-order valence-electron chi connectivity index (χ2n) is 12.7. The molecule has 242 valence electrons. The number of halogens is 1. The number of carbonyl (C=O) groups excluding carboxylic acids is 2. The third-order valence-electron chi connectivity index (χ3n) is 9.73. The Morgan fingerprint density at radius 3 is 2.40 bits per heavy atom. The molecule has 10 heteroatoms. The second-order valence-corrected chi connectivity index (χ2v) is 12.7. The van der Waals surface area contributed by atoms with Crippen molar-refractivity contribution in [2.75, 3.05) is 26.7 Å². The zero-order valence-electron chi connectivity index (χ0n) is 26.1. The first-order valence-electron chi connectivity index (χ1n) is 15.9. The molecule has 5 atom stereocenters. The summed E-state index contributed by atoms with van der Waals surface area (Å²) >= 11 is 0. The monoisotopic (exact) mass is 635 g/mol. The summed E-state index contributed by atoms with van der Waals surface area (Å²) in [7, 11) is 1.82. The summed E-state index contributed by atoms with van der Waals surface area (Å²) in [5.74, 6) is -0.793. The fraction of sp³-hybridized carbons (Fsp3) is 0.297. The number of nitrogens with one attached hydrogen (secondary N) is 1. The molecule has 9 nitrogen and oxygen atoms in total. The topological polar surface area (TPSA) is 99.6 Å². The molecule has 1 aliphatic carbocycles. The number of hydrogen-bond acceptors (Lipinski definition) is 7. The zero-order valence-corrected chi connectivity index (χ0v) is 26.1. The molecule has 0 spiro atoms. The van der Waals surface area contributed by atoms with Gasteiger partial charge in [0.1, 0.15) is 35.5 Å². The van der Waals surface area contributed by atoms with Gasteiger partial charge in [-0.05, 0) is 58.7 Å². The number of aromatic hydroxyl groups is 1. The number of nitrogens with zero attached hydrogens (tertiary/aromatic N) is 4. The lowest BCUT2D eigenvalue weighted by Gasteiger charge is -2.61. The highest BCUT2D eigenvalue weighted by atomic mass is 19.1. The molecule has 3 unspecified atom stereocenters. The van der Waals surface area contributed by atoms with E-state index in [9.17, 15) is 24.2 Å². The van der Waals surface area contributed by atoms with Gasteiger partial charge in [-0.3, -0.25) is 14.9 Å². The van der Waals surface area contributed by atoms with Crippen LogP contribution in [0.15, 0.2) is 115 Å². The molecular formula is C37H38FN5O4. The first kappa shape index (κ1) is 31.0. The normalized spacial score (nSPS) is 30.3. The van der Waals surface area contributed by atoms with Gasteiger partial charge in [0.15, 0.2) is 0 Å². The molecule has 4 aliphatic rings. The Morgan fingerprint density at radius 2 is 1.66 bits per heavy atom. The van der Waals surface area contributed by atoms with E-state index in [1.165, 1.54) is 12.1 Å². The first-order valence-corrected chi connectivity index (χ1v) is 15.9.